The van der Waals surface area contributed by atoms with Gasteiger partial charge in [0.15, 0.2) is 0 Å². The van der Waals surface area contributed by atoms with Gasteiger partial charge in [0.05, 0.1) is 14.2 Å². The third-order valence-electron chi connectivity index (χ3n) is 8.54. The number of nitrogens with two attached hydrogens (primary N) is 1. The lowest BCUT2D eigenvalue weighted by Gasteiger charge is -2.31. The standard InChI is InChI=1S/C21H21F6N3O2.C14H20N2O2.ClH/c1-32-16-7-5-12(6-8-16)19(31)29-14-4-2-3-13(9-14)28-15-10-17(20(22,23)24)30-18(11-15)21(25,26)27;1-18-13-7-5-10(6-8-13)14(17)16-12-4-2-3-11(15)9-12;/h5-8,10-11,13-14H,2-4,9H2,1H3,(H,28,30)(H,29,31);5-8,11-12H,2-4,9,15H2,1H3,(H,16,17);1H/t13-,14+;11-,12+;/m00./s1. The summed E-state index contributed by atoms with van der Waals surface area (Å²) < 4.78 is 88.2. The summed E-state index contributed by atoms with van der Waals surface area (Å²) in [5, 5.41) is 8.67. The Labute approximate surface area is 298 Å². The highest BCUT2D eigenvalue weighted by Gasteiger charge is 2.39. The number of nitrogens with zero attached hydrogens (tertiary/aromatic N) is 1. The Morgan fingerprint density at radius 1 is 0.686 bits per heavy atom. The van der Waals surface area contributed by atoms with Crippen LogP contribution in [-0.2, 0) is 12.4 Å². The molecule has 0 bridgehead atoms. The van der Waals surface area contributed by atoms with Crippen LogP contribution in [0.1, 0.15) is 83.5 Å². The van der Waals surface area contributed by atoms with Crippen LogP contribution in [0, 0.1) is 0 Å². The maximum Gasteiger partial charge on any atom is 0.433 e. The Balaban J connectivity index is 0.000000313. The molecule has 3 aromatic rings. The first-order valence-corrected chi connectivity index (χ1v) is 16.2. The molecule has 16 heteroatoms. The molecule has 0 radical (unpaired) electrons. The molecule has 0 aliphatic heterocycles. The highest BCUT2D eigenvalue weighted by atomic mass is 35.5. The predicted molar refractivity (Wildman–Crippen MR) is 182 cm³/mol. The molecular weight excluding hydrogens is 704 g/mol. The van der Waals surface area contributed by atoms with Crippen molar-refractivity contribution >= 4 is 29.9 Å². The number of carbonyl (C=O) groups excluding carboxylic acids is 2. The molecule has 2 fully saturated rings. The molecule has 5 rings (SSSR count). The van der Waals surface area contributed by atoms with E-state index in [0.29, 0.717) is 54.7 Å². The van der Waals surface area contributed by atoms with E-state index in [4.69, 9.17) is 15.2 Å². The molecule has 0 saturated heterocycles. The average Bonchev–Trinajstić information content (AvgIpc) is 3.08. The molecule has 4 atom stereocenters. The summed E-state index contributed by atoms with van der Waals surface area (Å²) in [5.41, 5.74) is 3.44. The topological polar surface area (TPSA) is 128 Å². The molecule has 2 aromatic carbocycles. The minimum atomic E-state index is -5.01. The number of hydrogen-bond acceptors (Lipinski definition) is 7. The Bertz CT molecular complexity index is 1540. The number of aromatic nitrogens is 1. The Kier molecular flexibility index (Phi) is 14.8. The van der Waals surface area contributed by atoms with E-state index in [-0.39, 0.29) is 48.0 Å². The molecule has 1 aromatic heterocycles. The van der Waals surface area contributed by atoms with Crippen LogP contribution in [0.5, 0.6) is 11.5 Å². The van der Waals surface area contributed by atoms with Crippen molar-refractivity contribution in [2.75, 3.05) is 19.5 Å². The van der Waals surface area contributed by atoms with Gasteiger partial charge >= 0.3 is 12.4 Å². The van der Waals surface area contributed by atoms with E-state index in [1.54, 1.807) is 55.6 Å². The molecule has 5 N–H and O–H groups in total. The van der Waals surface area contributed by atoms with Gasteiger partial charge in [0.1, 0.15) is 22.9 Å². The van der Waals surface area contributed by atoms with E-state index in [2.05, 4.69) is 20.9 Å². The Morgan fingerprint density at radius 3 is 1.51 bits per heavy atom. The van der Waals surface area contributed by atoms with Gasteiger partial charge in [-0.2, -0.15) is 26.3 Å². The van der Waals surface area contributed by atoms with E-state index in [0.717, 1.165) is 31.4 Å². The van der Waals surface area contributed by atoms with Gasteiger partial charge in [0, 0.05) is 41.0 Å². The van der Waals surface area contributed by atoms with Crippen LogP contribution in [0.2, 0.25) is 0 Å². The fraction of sp³-hybridized carbons (Fsp3) is 0.457. The second-order valence-electron chi connectivity index (χ2n) is 12.4. The van der Waals surface area contributed by atoms with Gasteiger partial charge in [-0.05, 0) is 112 Å². The van der Waals surface area contributed by atoms with E-state index in [9.17, 15) is 35.9 Å². The molecular formula is C35H42ClF6N5O4. The molecule has 280 valence electrons. The van der Waals surface area contributed by atoms with Crippen LogP contribution in [0.4, 0.5) is 32.0 Å². The van der Waals surface area contributed by atoms with Crippen LogP contribution < -0.4 is 31.2 Å². The number of ether oxygens (including phenoxy) is 2. The summed E-state index contributed by atoms with van der Waals surface area (Å²) in [7, 11) is 3.11. The first kappa shape index (κ1) is 41.2. The molecule has 9 nitrogen and oxygen atoms in total. The number of hydrogen-bond donors (Lipinski definition) is 4. The second kappa shape index (κ2) is 18.3. The number of alkyl halides is 6. The number of nitrogens with one attached hydrogen (secondary N) is 3. The van der Waals surface area contributed by atoms with Crippen LogP contribution >= 0.6 is 12.4 Å². The van der Waals surface area contributed by atoms with Crippen LogP contribution in [-0.4, -0.2) is 55.2 Å². The first-order valence-electron chi connectivity index (χ1n) is 16.2. The van der Waals surface area contributed by atoms with Crippen molar-refractivity contribution in [3.63, 3.8) is 0 Å². The van der Waals surface area contributed by atoms with E-state index in [1.807, 2.05) is 0 Å². The van der Waals surface area contributed by atoms with Crippen molar-refractivity contribution in [1.82, 2.24) is 15.6 Å². The zero-order valence-electron chi connectivity index (χ0n) is 28.1. The van der Waals surface area contributed by atoms with Crippen LogP contribution in [0.25, 0.3) is 0 Å². The number of carbonyl (C=O) groups is 2. The zero-order valence-corrected chi connectivity index (χ0v) is 28.9. The molecule has 2 aliphatic rings. The largest absolute Gasteiger partial charge is 0.497 e. The number of amides is 2. The highest BCUT2D eigenvalue weighted by Crippen LogP contribution is 2.36. The summed E-state index contributed by atoms with van der Waals surface area (Å²) in [6.45, 7) is 0. The molecule has 2 aliphatic carbocycles. The second-order valence-corrected chi connectivity index (χ2v) is 12.4. The molecule has 0 spiro atoms. The fourth-order valence-electron chi connectivity index (χ4n) is 5.97. The van der Waals surface area contributed by atoms with Gasteiger partial charge in [-0.25, -0.2) is 4.98 Å². The molecule has 2 amide bonds. The Morgan fingerprint density at radius 2 is 1.10 bits per heavy atom. The average molecular weight is 746 g/mol. The van der Waals surface area contributed by atoms with Crippen LogP contribution in [0.3, 0.4) is 0 Å². The lowest BCUT2D eigenvalue weighted by molar-refractivity contribution is -0.150. The van der Waals surface area contributed by atoms with Crippen molar-refractivity contribution in [2.45, 2.75) is 87.9 Å². The van der Waals surface area contributed by atoms with Crippen molar-refractivity contribution in [3.8, 4) is 11.5 Å². The van der Waals surface area contributed by atoms with Crippen molar-refractivity contribution in [3.05, 3.63) is 83.2 Å². The normalized spacial score (nSPS) is 20.4. The summed E-state index contributed by atoms with van der Waals surface area (Å²) in [6, 6.07) is 14.5. The number of halogens is 7. The summed E-state index contributed by atoms with van der Waals surface area (Å²) in [4.78, 5) is 27.2. The number of pyridine rings is 1. The Hall–Kier alpha value is -4.24. The third kappa shape index (κ3) is 12.5. The van der Waals surface area contributed by atoms with Gasteiger partial charge in [0.2, 0.25) is 0 Å². The summed E-state index contributed by atoms with van der Waals surface area (Å²) in [6.07, 6.45) is -3.78. The fourth-order valence-corrected chi connectivity index (χ4v) is 5.97. The van der Waals surface area contributed by atoms with E-state index >= 15 is 0 Å². The molecule has 2 saturated carbocycles. The lowest BCUT2D eigenvalue weighted by Crippen LogP contribution is -2.42. The molecule has 51 heavy (non-hydrogen) atoms. The van der Waals surface area contributed by atoms with Crippen molar-refractivity contribution in [2.24, 2.45) is 5.73 Å². The number of rotatable bonds is 8. The maximum absolute atomic E-state index is 13.0. The minimum Gasteiger partial charge on any atom is -0.497 e. The highest BCUT2D eigenvalue weighted by molar-refractivity contribution is 5.95. The van der Waals surface area contributed by atoms with Crippen molar-refractivity contribution < 1.29 is 45.4 Å². The third-order valence-corrected chi connectivity index (χ3v) is 8.54. The predicted octanol–water partition coefficient (Wildman–Crippen LogP) is 7.40. The smallest absolute Gasteiger partial charge is 0.433 e. The quantitative estimate of drug-likeness (QED) is 0.177. The monoisotopic (exact) mass is 745 g/mol. The SMILES string of the molecule is COc1ccc(C(=O)N[C@@H]2CCC[C@H](N)C2)cc1.COc1ccc(C(=O)N[C@@H]2CCC[C@H](Nc3cc(C(F)(F)F)nc(C(F)(F)F)c3)C2)cc1.Cl. The van der Waals surface area contributed by atoms with Gasteiger partial charge in [-0.15, -0.1) is 12.4 Å². The number of methoxy groups -OCH3 is 2. The van der Waals surface area contributed by atoms with Gasteiger partial charge in [-0.1, -0.05) is 0 Å². The van der Waals surface area contributed by atoms with Gasteiger partial charge in [-0.3, -0.25) is 9.59 Å². The van der Waals surface area contributed by atoms with Crippen molar-refractivity contribution in [1.29, 1.82) is 0 Å². The van der Waals surface area contributed by atoms with E-state index < -0.39 is 29.8 Å². The lowest BCUT2D eigenvalue weighted by atomic mass is 9.90. The first-order chi connectivity index (χ1) is 23.6. The summed E-state index contributed by atoms with van der Waals surface area (Å²) >= 11 is 0. The minimum absolute atomic E-state index is 0. The van der Waals surface area contributed by atoms with Gasteiger partial charge < -0.3 is 31.2 Å². The zero-order chi connectivity index (χ0) is 36.5. The van der Waals surface area contributed by atoms with Crippen LogP contribution in [0.15, 0.2) is 60.7 Å². The number of anilines is 1. The number of benzene rings is 2. The molecule has 0 unspecified atom stereocenters. The van der Waals surface area contributed by atoms with E-state index in [1.165, 1.54) is 7.11 Å². The summed E-state index contributed by atoms with van der Waals surface area (Å²) in [5.74, 6) is 1.00. The molecule has 1 heterocycles. The van der Waals surface area contributed by atoms with Gasteiger partial charge in [0.25, 0.3) is 11.8 Å². The maximum atomic E-state index is 13.0.